The number of hydrogen-bond donors (Lipinski definition) is 1. The predicted octanol–water partition coefficient (Wildman–Crippen LogP) is 1.96. The summed E-state index contributed by atoms with van der Waals surface area (Å²) in [6, 6.07) is 0. The van der Waals surface area contributed by atoms with E-state index in [0.29, 0.717) is 6.61 Å². The van der Waals surface area contributed by atoms with E-state index in [4.69, 9.17) is 5.11 Å². The number of hydrogen-bond acceptors (Lipinski definition) is 3. The number of rotatable bonds is 6. The van der Waals surface area contributed by atoms with Crippen LogP contribution >= 0.6 is 0 Å². The maximum absolute atomic E-state index is 8.95. The van der Waals surface area contributed by atoms with Crippen molar-refractivity contribution in [3.05, 3.63) is 0 Å². The van der Waals surface area contributed by atoms with E-state index in [0.717, 1.165) is 12.3 Å². The predicted molar refractivity (Wildman–Crippen MR) is 75.8 cm³/mol. The molecule has 0 amide bonds. The Morgan fingerprint density at radius 1 is 0.833 bits per heavy atom. The molecule has 2 saturated heterocycles. The van der Waals surface area contributed by atoms with Crippen LogP contribution in [-0.4, -0.2) is 60.8 Å². The van der Waals surface area contributed by atoms with Crippen LogP contribution in [-0.2, 0) is 0 Å². The van der Waals surface area contributed by atoms with Crippen molar-refractivity contribution >= 4 is 0 Å². The van der Waals surface area contributed by atoms with Crippen molar-refractivity contribution in [2.24, 2.45) is 5.92 Å². The summed E-state index contributed by atoms with van der Waals surface area (Å²) in [5, 5.41) is 8.95. The third kappa shape index (κ3) is 4.87. The molecule has 0 aromatic heterocycles. The van der Waals surface area contributed by atoms with E-state index in [9.17, 15) is 0 Å². The summed E-state index contributed by atoms with van der Waals surface area (Å²) in [6.07, 6.45) is 9.20. The van der Waals surface area contributed by atoms with Crippen molar-refractivity contribution in [1.29, 1.82) is 0 Å². The number of piperidine rings is 2. The van der Waals surface area contributed by atoms with Crippen LogP contribution in [0.3, 0.4) is 0 Å². The lowest BCUT2D eigenvalue weighted by Gasteiger charge is -2.33. The average molecular weight is 254 g/mol. The summed E-state index contributed by atoms with van der Waals surface area (Å²) in [5.41, 5.74) is 0. The molecule has 2 aliphatic heterocycles. The first-order valence-corrected chi connectivity index (χ1v) is 7.94. The third-order valence-corrected chi connectivity index (χ3v) is 4.64. The molecule has 0 aromatic carbocycles. The highest BCUT2D eigenvalue weighted by Crippen LogP contribution is 2.20. The Morgan fingerprint density at radius 2 is 1.44 bits per heavy atom. The quantitative estimate of drug-likeness (QED) is 0.785. The Labute approximate surface area is 112 Å². The Kier molecular flexibility index (Phi) is 6.46. The summed E-state index contributed by atoms with van der Waals surface area (Å²) in [6.45, 7) is 8.13. The average Bonchev–Trinajstić information content (AvgIpc) is 2.42. The van der Waals surface area contributed by atoms with Crippen molar-refractivity contribution < 1.29 is 5.11 Å². The highest BCUT2D eigenvalue weighted by Gasteiger charge is 2.18. The molecule has 2 fully saturated rings. The minimum absolute atomic E-state index is 0.375. The smallest absolute Gasteiger partial charge is 0.0433 e. The van der Waals surface area contributed by atoms with Crippen molar-refractivity contribution in [3.8, 4) is 0 Å². The van der Waals surface area contributed by atoms with E-state index < -0.39 is 0 Å². The normalized spacial score (nSPS) is 24.5. The van der Waals surface area contributed by atoms with Gasteiger partial charge in [0.25, 0.3) is 0 Å². The van der Waals surface area contributed by atoms with Crippen LogP contribution in [0.2, 0.25) is 0 Å². The molecule has 0 unspecified atom stereocenters. The fraction of sp³-hybridized carbons (Fsp3) is 1.00. The van der Waals surface area contributed by atoms with E-state index >= 15 is 0 Å². The number of aliphatic hydroxyl groups is 1. The lowest BCUT2D eigenvalue weighted by molar-refractivity contribution is 0.147. The second-order valence-electron chi connectivity index (χ2n) is 6.05. The highest BCUT2D eigenvalue weighted by molar-refractivity contribution is 4.73. The molecule has 18 heavy (non-hydrogen) atoms. The zero-order valence-corrected chi connectivity index (χ0v) is 11.8. The largest absolute Gasteiger partial charge is 0.396 e. The Hall–Kier alpha value is -0.120. The molecule has 0 radical (unpaired) electrons. The molecule has 106 valence electrons. The van der Waals surface area contributed by atoms with E-state index in [1.54, 1.807) is 0 Å². The fourth-order valence-corrected chi connectivity index (χ4v) is 3.38. The maximum Gasteiger partial charge on any atom is 0.0433 e. The van der Waals surface area contributed by atoms with Gasteiger partial charge in [-0.3, -0.25) is 0 Å². The van der Waals surface area contributed by atoms with Gasteiger partial charge in [0.05, 0.1) is 0 Å². The van der Waals surface area contributed by atoms with Gasteiger partial charge in [0.15, 0.2) is 0 Å². The molecule has 0 spiro atoms. The second-order valence-corrected chi connectivity index (χ2v) is 6.05. The Balaban J connectivity index is 1.52. The first-order chi connectivity index (χ1) is 8.88. The van der Waals surface area contributed by atoms with Gasteiger partial charge in [0.1, 0.15) is 0 Å². The van der Waals surface area contributed by atoms with Gasteiger partial charge in [-0.15, -0.1) is 0 Å². The third-order valence-electron chi connectivity index (χ3n) is 4.64. The van der Waals surface area contributed by atoms with Crippen LogP contribution < -0.4 is 0 Å². The van der Waals surface area contributed by atoms with Crippen LogP contribution in [0.4, 0.5) is 0 Å². The minimum Gasteiger partial charge on any atom is -0.396 e. The molecular formula is C15H30N2O. The molecule has 3 nitrogen and oxygen atoms in total. The maximum atomic E-state index is 8.95. The van der Waals surface area contributed by atoms with Crippen molar-refractivity contribution in [1.82, 2.24) is 9.80 Å². The molecule has 0 bridgehead atoms. The first-order valence-electron chi connectivity index (χ1n) is 7.94. The molecule has 0 aromatic rings. The number of aliphatic hydroxyl groups excluding tert-OH is 1. The lowest BCUT2D eigenvalue weighted by Crippen LogP contribution is -2.37. The second kappa shape index (κ2) is 8.13. The van der Waals surface area contributed by atoms with Crippen molar-refractivity contribution in [2.45, 2.75) is 44.9 Å². The van der Waals surface area contributed by atoms with Crippen molar-refractivity contribution in [2.75, 3.05) is 45.9 Å². The van der Waals surface area contributed by atoms with E-state index in [2.05, 4.69) is 9.80 Å². The molecule has 1 N–H and O–H groups in total. The van der Waals surface area contributed by atoms with Crippen LogP contribution in [0.5, 0.6) is 0 Å². The SMILES string of the molecule is OCCC1CCN(CCCN2CCCCC2)CC1. The molecular weight excluding hydrogens is 224 g/mol. The van der Waals surface area contributed by atoms with E-state index in [1.807, 2.05) is 0 Å². The summed E-state index contributed by atoms with van der Waals surface area (Å²) in [5.74, 6) is 0.786. The first kappa shape index (κ1) is 14.3. The lowest BCUT2D eigenvalue weighted by atomic mass is 9.94. The molecule has 0 saturated carbocycles. The molecule has 0 atom stereocenters. The van der Waals surface area contributed by atoms with Gasteiger partial charge in [-0.2, -0.15) is 0 Å². The van der Waals surface area contributed by atoms with Crippen LogP contribution in [0, 0.1) is 5.92 Å². The topological polar surface area (TPSA) is 26.7 Å². The summed E-state index contributed by atoms with van der Waals surface area (Å²) < 4.78 is 0. The Morgan fingerprint density at radius 3 is 2.06 bits per heavy atom. The standard InChI is InChI=1S/C15H30N2O/c18-14-7-15-5-12-17(13-6-15)11-4-10-16-8-2-1-3-9-16/h15,18H,1-14H2. The van der Waals surface area contributed by atoms with Gasteiger partial charge >= 0.3 is 0 Å². The number of nitrogens with zero attached hydrogens (tertiary/aromatic N) is 2. The zero-order valence-electron chi connectivity index (χ0n) is 11.8. The van der Waals surface area contributed by atoms with Gasteiger partial charge in [-0.1, -0.05) is 6.42 Å². The summed E-state index contributed by atoms with van der Waals surface area (Å²) in [7, 11) is 0. The van der Waals surface area contributed by atoms with Crippen LogP contribution in [0.15, 0.2) is 0 Å². The molecule has 3 heteroatoms. The van der Waals surface area contributed by atoms with Gasteiger partial charge in [-0.25, -0.2) is 0 Å². The fourth-order valence-electron chi connectivity index (χ4n) is 3.38. The van der Waals surface area contributed by atoms with Gasteiger partial charge < -0.3 is 14.9 Å². The van der Waals surface area contributed by atoms with Crippen LogP contribution in [0.25, 0.3) is 0 Å². The van der Waals surface area contributed by atoms with Crippen molar-refractivity contribution in [3.63, 3.8) is 0 Å². The molecule has 0 aliphatic carbocycles. The van der Waals surface area contributed by atoms with Crippen LogP contribution in [0.1, 0.15) is 44.9 Å². The van der Waals surface area contributed by atoms with Gasteiger partial charge in [0.2, 0.25) is 0 Å². The monoisotopic (exact) mass is 254 g/mol. The Bertz CT molecular complexity index is 209. The summed E-state index contributed by atoms with van der Waals surface area (Å²) in [4.78, 5) is 5.26. The zero-order chi connectivity index (χ0) is 12.6. The molecule has 2 aliphatic rings. The molecule has 2 heterocycles. The van der Waals surface area contributed by atoms with Gasteiger partial charge in [0, 0.05) is 6.61 Å². The summed E-state index contributed by atoms with van der Waals surface area (Å²) >= 11 is 0. The van der Waals surface area contributed by atoms with E-state index in [-0.39, 0.29) is 0 Å². The highest BCUT2D eigenvalue weighted by atomic mass is 16.3. The van der Waals surface area contributed by atoms with Gasteiger partial charge in [-0.05, 0) is 83.7 Å². The minimum atomic E-state index is 0.375. The number of likely N-dealkylation sites (tertiary alicyclic amines) is 2. The van der Waals surface area contributed by atoms with E-state index in [1.165, 1.54) is 77.8 Å². The molecule has 2 rings (SSSR count).